The van der Waals surface area contributed by atoms with Gasteiger partial charge in [-0.15, -0.1) is 22.1 Å². The SMILES string of the molecule is COc1ccc(-c2c3nc(c(-c4ccc(OC)cc4OC)c4[n-]c(c(-c5ccc(OC)cc5OC)c5nc(c(-c6ccc(OC)cc6OC)c6[n-]c2c2cc7ccccc7cc62)-c2cc6ccccc6cc2-5)c2cc5ccccc5cc42)-c2cc4ccccc4cc2-3)c(OC)c1.[Pd+2]. The molecule has 97 heavy (non-hydrogen) atoms. The van der Waals surface area contributed by atoms with Crippen LogP contribution in [0.25, 0.3) is 176 Å². The Kier molecular flexibility index (Phi) is 14.9. The molecule has 0 N–H and O–H groups in total. The molecule has 0 fully saturated rings. The number of fused-ring (bicyclic) bond motifs is 4. The van der Waals surface area contributed by atoms with Crippen molar-refractivity contribution in [2.45, 2.75) is 0 Å². The fourth-order valence-electron chi connectivity index (χ4n) is 14.5. The number of nitrogens with zero attached hydrogens (tertiary/aromatic N) is 4. The van der Waals surface area contributed by atoms with E-state index in [9.17, 15) is 0 Å². The summed E-state index contributed by atoms with van der Waals surface area (Å²) in [6.07, 6.45) is 0. The third kappa shape index (κ3) is 9.59. The van der Waals surface area contributed by atoms with Crippen molar-refractivity contribution in [3.8, 4) is 136 Å². The molecule has 0 amide bonds. The van der Waals surface area contributed by atoms with Crippen molar-refractivity contribution in [2.75, 3.05) is 56.9 Å². The first-order chi connectivity index (χ1) is 47.2. The molecule has 0 saturated carbocycles. The smallest absolute Gasteiger partial charge is 0.656 e. The molecule has 13 heteroatoms. The average Bonchev–Trinajstić information content (AvgIpc) is 1.56. The van der Waals surface area contributed by atoms with Gasteiger partial charge in [0, 0.05) is 68.8 Å². The van der Waals surface area contributed by atoms with Crippen LogP contribution >= 0.6 is 0 Å². The molecule has 474 valence electrons. The Labute approximate surface area is 572 Å². The summed E-state index contributed by atoms with van der Waals surface area (Å²) in [6, 6.07) is 75.7. The van der Waals surface area contributed by atoms with Gasteiger partial charge in [0.25, 0.3) is 0 Å². The maximum atomic E-state index is 6.55. The summed E-state index contributed by atoms with van der Waals surface area (Å²) in [6.45, 7) is 0. The zero-order valence-electron chi connectivity index (χ0n) is 54.2. The van der Waals surface area contributed by atoms with E-state index in [0.29, 0.717) is 113 Å². The maximum absolute atomic E-state index is 6.55. The van der Waals surface area contributed by atoms with Crippen LogP contribution in [0.1, 0.15) is 0 Å². The van der Waals surface area contributed by atoms with E-state index in [0.717, 1.165) is 109 Å². The zero-order valence-corrected chi connectivity index (χ0v) is 55.7. The van der Waals surface area contributed by atoms with Crippen molar-refractivity contribution in [1.29, 1.82) is 0 Å². The minimum Gasteiger partial charge on any atom is -0.656 e. The summed E-state index contributed by atoms with van der Waals surface area (Å²) < 4.78 is 50.1. The third-order valence-electron chi connectivity index (χ3n) is 19.1. The Morgan fingerprint density at radius 3 is 0.629 bits per heavy atom. The number of hydrogen-bond donors (Lipinski definition) is 0. The van der Waals surface area contributed by atoms with Crippen molar-refractivity contribution in [3.63, 3.8) is 0 Å². The van der Waals surface area contributed by atoms with Gasteiger partial charge in [-0.3, -0.25) is 0 Å². The number of aromatic nitrogens is 4. The first-order valence-corrected chi connectivity index (χ1v) is 31.6. The Morgan fingerprint density at radius 2 is 0.433 bits per heavy atom. The molecule has 8 bridgehead atoms. The molecular formula is C84H60N4O8Pd. The maximum Gasteiger partial charge on any atom is 2.00 e. The molecular weight excluding hydrogens is 1300 g/mol. The largest absolute Gasteiger partial charge is 2.00 e. The van der Waals surface area contributed by atoms with E-state index >= 15 is 0 Å². The van der Waals surface area contributed by atoms with Crippen molar-refractivity contribution < 1.29 is 58.3 Å². The van der Waals surface area contributed by atoms with Crippen molar-refractivity contribution in [2.24, 2.45) is 0 Å². The fourth-order valence-corrected chi connectivity index (χ4v) is 14.5. The van der Waals surface area contributed by atoms with Gasteiger partial charge in [-0.05, 0) is 184 Å². The molecule has 0 atom stereocenters. The summed E-state index contributed by atoms with van der Waals surface area (Å²) in [5, 5.41) is 11.6. The third-order valence-corrected chi connectivity index (χ3v) is 19.1. The number of benzene rings is 12. The van der Waals surface area contributed by atoms with Gasteiger partial charge in [0.1, 0.15) is 46.0 Å². The zero-order chi connectivity index (χ0) is 65.0. The normalized spacial score (nSPS) is 11.6. The fraction of sp³-hybridized carbons (Fsp3) is 0.0952. The summed E-state index contributed by atoms with van der Waals surface area (Å²) >= 11 is 0. The molecule has 1 aliphatic carbocycles. The Morgan fingerprint density at radius 1 is 0.227 bits per heavy atom. The van der Waals surface area contributed by atoms with E-state index < -0.39 is 0 Å². The topological polar surface area (TPSA) is 128 Å². The van der Waals surface area contributed by atoms with Crippen LogP contribution in [0.2, 0.25) is 0 Å². The number of hydrogen-bond acceptors (Lipinski definition) is 10. The minimum atomic E-state index is 0. The Bertz CT molecular complexity index is 5280. The molecule has 12 aromatic carbocycles. The molecule has 0 unspecified atom stereocenters. The monoisotopic (exact) mass is 1360 g/mol. The molecule has 4 heterocycles. The molecule has 0 saturated heterocycles. The molecule has 12 nitrogen and oxygen atoms in total. The number of methoxy groups -OCH3 is 8. The minimum absolute atomic E-state index is 0. The second-order valence-electron chi connectivity index (χ2n) is 24.0. The predicted molar refractivity (Wildman–Crippen MR) is 387 cm³/mol. The van der Waals surface area contributed by atoms with Crippen molar-refractivity contribution in [1.82, 2.24) is 19.9 Å². The molecule has 2 aromatic heterocycles. The van der Waals surface area contributed by atoms with Crippen LogP contribution in [0.3, 0.4) is 0 Å². The first-order valence-electron chi connectivity index (χ1n) is 31.6. The standard InChI is InChI=1S/C84H60N4O8.Pd/c1-89-53-25-29-57(69(41-53)93-5)73-77-61-33-45-17-9-11-19-47(45)35-63(61)79(85-77)74(58-30-26-54(90-2)42-70(58)94-6)81-65-37-49-21-13-15-23-51(49)39-67(65)83(87-81)76(60-32-28-56(92-4)44-72(60)96-8)84-68-40-52-24-16-14-22-50(52)38-66(68)82(88-84)75(59-31-27-55(91-3)43-71(59)95-7)80-64-36-48-20-12-10-18-46(48)34-62(64)78(73)86-80;/h9-44H,1-8H3;/q-2;+2. The van der Waals surface area contributed by atoms with Gasteiger partial charge in [0.15, 0.2) is 0 Å². The van der Waals surface area contributed by atoms with E-state index in [1.165, 1.54) is 0 Å². The molecule has 0 radical (unpaired) electrons. The first kappa shape index (κ1) is 60.3. The number of ether oxygens (including phenoxy) is 8. The van der Waals surface area contributed by atoms with E-state index in [1.807, 2.05) is 48.5 Å². The molecule has 14 aromatic rings. The van der Waals surface area contributed by atoms with Crippen molar-refractivity contribution >= 4 is 86.7 Å². The Hall–Kier alpha value is -11.6. The molecule has 17 rings (SSSR count). The van der Waals surface area contributed by atoms with Gasteiger partial charge in [-0.25, -0.2) is 9.97 Å². The summed E-state index contributed by atoms with van der Waals surface area (Å²) in [4.78, 5) is 24.8. The second-order valence-corrected chi connectivity index (χ2v) is 24.0. The van der Waals surface area contributed by atoms with Gasteiger partial charge in [-0.2, -0.15) is 0 Å². The predicted octanol–water partition coefficient (Wildman–Crippen LogP) is 19.9. The van der Waals surface area contributed by atoms with Crippen LogP contribution in [0.15, 0.2) is 218 Å². The van der Waals surface area contributed by atoms with E-state index in [-0.39, 0.29) is 20.4 Å². The van der Waals surface area contributed by atoms with Gasteiger partial charge >= 0.3 is 20.4 Å². The summed E-state index contributed by atoms with van der Waals surface area (Å²) in [7, 11) is 13.4. The van der Waals surface area contributed by atoms with Crippen LogP contribution in [0.5, 0.6) is 46.0 Å². The van der Waals surface area contributed by atoms with Crippen molar-refractivity contribution in [3.05, 3.63) is 218 Å². The van der Waals surface area contributed by atoms with Crippen LogP contribution in [0, 0.1) is 0 Å². The van der Waals surface area contributed by atoms with Crippen LogP contribution in [-0.4, -0.2) is 66.8 Å². The average molecular weight is 1360 g/mol. The van der Waals surface area contributed by atoms with Crippen LogP contribution in [-0.2, 0) is 20.4 Å². The van der Waals surface area contributed by atoms with Gasteiger partial charge < -0.3 is 47.9 Å². The van der Waals surface area contributed by atoms with E-state index in [2.05, 4.69) is 170 Å². The quantitative estimate of drug-likeness (QED) is 0.108. The molecule has 2 aliphatic heterocycles. The van der Waals surface area contributed by atoms with Gasteiger partial charge in [0.05, 0.1) is 79.7 Å². The van der Waals surface area contributed by atoms with E-state index in [1.54, 1.807) is 56.9 Å². The number of rotatable bonds is 12. The second kappa shape index (κ2) is 24.0. The molecule has 0 spiro atoms. The van der Waals surface area contributed by atoms with Crippen LogP contribution < -0.4 is 47.9 Å². The van der Waals surface area contributed by atoms with Crippen LogP contribution in [0.4, 0.5) is 0 Å². The summed E-state index contributed by atoms with van der Waals surface area (Å²) in [5.74, 6) is 4.67. The van der Waals surface area contributed by atoms with Gasteiger partial charge in [0.2, 0.25) is 0 Å². The van der Waals surface area contributed by atoms with Gasteiger partial charge in [-0.1, -0.05) is 97.1 Å². The summed E-state index contributed by atoms with van der Waals surface area (Å²) in [5.41, 5.74) is 14.4. The van der Waals surface area contributed by atoms with E-state index in [4.69, 9.17) is 57.8 Å². The molecule has 3 aliphatic rings. The Balaban J connectivity index is 0.00000738.